The lowest BCUT2D eigenvalue weighted by molar-refractivity contribution is 1.41. The predicted octanol–water partition coefficient (Wildman–Crippen LogP) is 3.87. The van der Waals surface area contributed by atoms with Gasteiger partial charge in [-0.3, -0.25) is 0 Å². The Kier molecular flexibility index (Phi) is 3.09. The van der Waals surface area contributed by atoms with Gasteiger partial charge in [0.15, 0.2) is 0 Å². The van der Waals surface area contributed by atoms with E-state index in [0.29, 0.717) is 5.02 Å². The van der Waals surface area contributed by atoms with Gasteiger partial charge in [-0.1, -0.05) is 29.8 Å². The molecule has 2 rings (SSSR count). The van der Waals surface area contributed by atoms with E-state index in [9.17, 15) is 0 Å². The smallest absolute Gasteiger partial charge is 0.0912 e. The van der Waals surface area contributed by atoms with Crippen molar-refractivity contribution in [1.29, 1.82) is 5.26 Å². The predicted molar refractivity (Wildman–Crippen MR) is 65.9 cm³/mol. The molecule has 0 amide bonds. The number of nitrogens with zero attached hydrogens (tertiary/aromatic N) is 1. The number of allylic oxidation sites excluding steroid dienone is 1. The largest absolute Gasteiger partial charge is 0.366 e. The van der Waals surface area contributed by atoms with E-state index >= 15 is 0 Å². The first kappa shape index (κ1) is 10.5. The van der Waals surface area contributed by atoms with Crippen LogP contribution in [-0.2, 0) is 0 Å². The Morgan fingerprint density at radius 2 is 2.00 bits per heavy atom. The number of benzene rings is 1. The van der Waals surface area contributed by atoms with E-state index in [4.69, 9.17) is 16.9 Å². The molecule has 0 unspecified atom stereocenters. The lowest BCUT2D eigenvalue weighted by Crippen LogP contribution is -1.78. The van der Waals surface area contributed by atoms with E-state index in [0.717, 1.165) is 16.7 Å². The average molecular weight is 229 g/mol. The number of halogens is 1. The van der Waals surface area contributed by atoms with Crippen molar-refractivity contribution < 1.29 is 0 Å². The molecule has 1 N–H and O–H groups in total. The fraction of sp³-hybridized carbons (Fsp3) is 0. The van der Waals surface area contributed by atoms with Crippen molar-refractivity contribution in [1.82, 2.24) is 4.98 Å². The topological polar surface area (TPSA) is 39.6 Å². The van der Waals surface area contributed by atoms with Crippen molar-refractivity contribution >= 4 is 17.7 Å². The summed E-state index contributed by atoms with van der Waals surface area (Å²) in [7, 11) is 0. The van der Waals surface area contributed by atoms with Crippen molar-refractivity contribution in [2.45, 2.75) is 0 Å². The zero-order chi connectivity index (χ0) is 11.4. The molecule has 0 aliphatic heterocycles. The van der Waals surface area contributed by atoms with Crippen LogP contribution < -0.4 is 0 Å². The third-order valence-corrected chi connectivity index (χ3v) is 2.61. The molecule has 0 radical (unpaired) electrons. The van der Waals surface area contributed by atoms with Crippen LogP contribution in [0.5, 0.6) is 0 Å². The first-order valence-corrected chi connectivity index (χ1v) is 5.18. The normalized spacial score (nSPS) is 10.5. The van der Waals surface area contributed by atoms with Crippen LogP contribution in [0.1, 0.15) is 5.56 Å². The Morgan fingerprint density at radius 1 is 1.19 bits per heavy atom. The molecule has 2 aromatic rings. The third kappa shape index (κ3) is 2.00. The highest BCUT2D eigenvalue weighted by Gasteiger charge is 2.06. The van der Waals surface area contributed by atoms with Gasteiger partial charge >= 0.3 is 0 Å². The number of hydrogen-bond acceptors (Lipinski definition) is 1. The minimum absolute atomic E-state index is 0.703. The summed E-state index contributed by atoms with van der Waals surface area (Å²) >= 11 is 6.12. The quantitative estimate of drug-likeness (QED) is 0.779. The maximum absolute atomic E-state index is 8.51. The Labute approximate surface area is 98.8 Å². The maximum Gasteiger partial charge on any atom is 0.0912 e. The molecule has 0 saturated carbocycles. The molecule has 78 valence electrons. The third-order valence-electron chi connectivity index (χ3n) is 2.28. The second-order valence-corrected chi connectivity index (χ2v) is 3.67. The number of H-pyrrole nitrogens is 1. The van der Waals surface area contributed by atoms with Crippen molar-refractivity contribution in [3.8, 4) is 17.2 Å². The zero-order valence-electron chi connectivity index (χ0n) is 8.44. The Balaban J connectivity index is 2.50. The second kappa shape index (κ2) is 4.69. The Bertz CT molecular complexity index is 561. The van der Waals surface area contributed by atoms with Crippen LogP contribution in [0.2, 0.25) is 5.02 Å². The number of aromatic amines is 1. The molecule has 0 saturated heterocycles. The lowest BCUT2D eigenvalue weighted by atomic mass is 10.0. The summed E-state index contributed by atoms with van der Waals surface area (Å²) in [6.07, 6.45) is 6.92. The van der Waals surface area contributed by atoms with Crippen molar-refractivity contribution in [3.63, 3.8) is 0 Å². The van der Waals surface area contributed by atoms with E-state index in [1.807, 2.05) is 42.7 Å². The second-order valence-electron chi connectivity index (χ2n) is 3.27. The summed E-state index contributed by atoms with van der Waals surface area (Å²) in [5, 5.41) is 9.21. The SMILES string of the molecule is N#CC=Cc1c[nH]cc1-c1ccccc1Cl. The van der Waals surface area contributed by atoms with E-state index in [1.54, 1.807) is 6.08 Å². The molecule has 1 aromatic carbocycles. The number of nitriles is 1. The fourth-order valence-electron chi connectivity index (χ4n) is 1.55. The molecule has 1 aromatic heterocycles. The molecule has 0 fully saturated rings. The van der Waals surface area contributed by atoms with Crippen LogP contribution in [0.25, 0.3) is 17.2 Å². The lowest BCUT2D eigenvalue weighted by Gasteiger charge is -2.02. The summed E-state index contributed by atoms with van der Waals surface area (Å²) in [5.74, 6) is 0. The highest BCUT2D eigenvalue weighted by Crippen LogP contribution is 2.30. The summed E-state index contributed by atoms with van der Waals surface area (Å²) in [5.41, 5.74) is 2.91. The number of nitrogens with one attached hydrogen (secondary N) is 1. The van der Waals surface area contributed by atoms with Crippen LogP contribution in [-0.4, -0.2) is 4.98 Å². The number of hydrogen-bond donors (Lipinski definition) is 1. The van der Waals surface area contributed by atoms with E-state index < -0.39 is 0 Å². The Morgan fingerprint density at radius 3 is 2.75 bits per heavy atom. The maximum atomic E-state index is 8.51. The number of aromatic nitrogens is 1. The van der Waals surface area contributed by atoms with Gasteiger partial charge in [0, 0.05) is 40.2 Å². The van der Waals surface area contributed by atoms with Crippen molar-refractivity contribution in [2.24, 2.45) is 0 Å². The van der Waals surface area contributed by atoms with E-state index in [-0.39, 0.29) is 0 Å². The highest BCUT2D eigenvalue weighted by atomic mass is 35.5. The van der Waals surface area contributed by atoms with Crippen LogP contribution in [0.3, 0.4) is 0 Å². The molecular formula is C13H9ClN2. The minimum atomic E-state index is 0.703. The van der Waals surface area contributed by atoms with Crippen molar-refractivity contribution in [2.75, 3.05) is 0 Å². The first-order chi connectivity index (χ1) is 7.83. The molecule has 0 aliphatic carbocycles. The molecule has 0 spiro atoms. The summed E-state index contributed by atoms with van der Waals surface area (Å²) in [6, 6.07) is 9.60. The summed E-state index contributed by atoms with van der Waals surface area (Å²) in [4.78, 5) is 3.01. The van der Waals surface area contributed by atoms with Crippen LogP contribution >= 0.6 is 11.6 Å². The van der Waals surface area contributed by atoms with Gasteiger partial charge in [0.2, 0.25) is 0 Å². The zero-order valence-corrected chi connectivity index (χ0v) is 9.20. The molecule has 0 aliphatic rings. The van der Waals surface area contributed by atoms with E-state index in [2.05, 4.69) is 4.98 Å². The van der Waals surface area contributed by atoms with Crippen molar-refractivity contribution in [3.05, 3.63) is 53.3 Å². The van der Waals surface area contributed by atoms with Gasteiger partial charge in [-0.2, -0.15) is 5.26 Å². The Hall–Kier alpha value is -1.98. The summed E-state index contributed by atoms with van der Waals surface area (Å²) < 4.78 is 0. The van der Waals surface area contributed by atoms with Crippen LogP contribution in [0.15, 0.2) is 42.7 Å². The highest BCUT2D eigenvalue weighted by molar-refractivity contribution is 6.33. The van der Waals surface area contributed by atoms with Gasteiger partial charge in [0.25, 0.3) is 0 Å². The number of rotatable bonds is 2. The minimum Gasteiger partial charge on any atom is -0.366 e. The first-order valence-electron chi connectivity index (χ1n) is 4.81. The molecule has 0 atom stereocenters. The van der Waals surface area contributed by atoms with Crippen LogP contribution in [0.4, 0.5) is 0 Å². The molecule has 0 bridgehead atoms. The monoisotopic (exact) mass is 228 g/mol. The fourth-order valence-corrected chi connectivity index (χ4v) is 1.79. The van der Waals surface area contributed by atoms with Gasteiger partial charge in [0.05, 0.1) is 6.07 Å². The molecule has 3 heteroatoms. The van der Waals surface area contributed by atoms with Gasteiger partial charge in [-0.05, 0) is 12.1 Å². The van der Waals surface area contributed by atoms with Gasteiger partial charge in [-0.15, -0.1) is 0 Å². The molecule has 2 nitrogen and oxygen atoms in total. The van der Waals surface area contributed by atoms with Gasteiger partial charge in [0.1, 0.15) is 0 Å². The average Bonchev–Trinajstić information content (AvgIpc) is 2.75. The standard InChI is InChI=1S/C13H9ClN2/c14-13-6-2-1-5-11(13)12-9-16-8-10(12)4-3-7-15/h1-6,8-9,16H. The molecule has 16 heavy (non-hydrogen) atoms. The van der Waals surface area contributed by atoms with E-state index in [1.165, 1.54) is 6.08 Å². The molecule has 1 heterocycles. The summed E-state index contributed by atoms with van der Waals surface area (Å²) in [6.45, 7) is 0. The van der Waals surface area contributed by atoms with Gasteiger partial charge in [-0.25, -0.2) is 0 Å². The molecular weight excluding hydrogens is 220 g/mol. The van der Waals surface area contributed by atoms with Crippen LogP contribution in [0, 0.1) is 11.3 Å². The van der Waals surface area contributed by atoms with Gasteiger partial charge < -0.3 is 4.98 Å².